The summed E-state index contributed by atoms with van der Waals surface area (Å²) in [5.74, 6) is 0. The van der Waals surface area contributed by atoms with E-state index in [9.17, 15) is 0 Å². The van der Waals surface area contributed by atoms with Crippen molar-refractivity contribution in [1.82, 2.24) is 0 Å². The molecule has 2 heterocycles. The van der Waals surface area contributed by atoms with Crippen LogP contribution in [0.25, 0.3) is 128 Å². The first-order chi connectivity index (χ1) is 28.8. The van der Waals surface area contributed by atoms with Gasteiger partial charge in [0.1, 0.15) is 0 Å². The fraction of sp³-hybridized carbons (Fsp3) is 0. The Kier molecular flexibility index (Phi) is 6.86. The van der Waals surface area contributed by atoms with Crippen molar-refractivity contribution < 1.29 is 0 Å². The zero-order valence-corrected chi connectivity index (χ0v) is 32.9. The van der Waals surface area contributed by atoms with Crippen LogP contribution in [0.2, 0.25) is 0 Å². The Bertz CT molecular complexity index is 3800. The van der Waals surface area contributed by atoms with Crippen molar-refractivity contribution in [2.45, 2.75) is 0 Å². The average Bonchev–Trinajstić information content (AvgIpc) is 3.84. The Morgan fingerprint density at radius 1 is 0.224 bits per heavy atom. The Morgan fingerprint density at radius 2 is 0.672 bits per heavy atom. The molecule has 2 aromatic heterocycles. The van der Waals surface area contributed by atoms with Crippen LogP contribution in [0.15, 0.2) is 194 Å². The van der Waals surface area contributed by atoms with E-state index in [-0.39, 0.29) is 0 Å². The van der Waals surface area contributed by atoms with Gasteiger partial charge in [-0.1, -0.05) is 170 Å². The lowest BCUT2D eigenvalue weighted by atomic mass is 9.82. The van der Waals surface area contributed by atoms with Crippen molar-refractivity contribution in [3.05, 3.63) is 194 Å². The molecular formula is C56H32S2. The molecule has 0 aliphatic rings. The first kappa shape index (κ1) is 32.3. The lowest BCUT2D eigenvalue weighted by Gasteiger charge is -2.20. The predicted molar refractivity (Wildman–Crippen MR) is 256 cm³/mol. The molecule has 0 spiro atoms. The van der Waals surface area contributed by atoms with Gasteiger partial charge in [0.15, 0.2) is 0 Å². The van der Waals surface area contributed by atoms with Gasteiger partial charge in [-0.05, 0) is 112 Å². The zero-order valence-electron chi connectivity index (χ0n) is 31.3. The number of fused-ring (bicyclic) bond motifs is 12. The third kappa shape index (κ3) is 4.56. The molecule has 58 heavy (non-hydrogen) atoms. The lowest BCUT2D eigenvalue weighted by Crippen LogP contribution is -1.93. The fourth-order valence-corrected chi connectivity index (χ4v) is 12.3. The van der Waals surface area contributed by atoms with Crippen LogP contribution in [0.4, 0.5) is 0 Å². The summed E-state index contributed by atoms with van der Waals surface area (Å²) in [5, 5.41) is 18.2. The number of thiophene rings is 2. The van der Waals surface area contributed by atoms with Gasteiger partial charge in [0.05, 0.1) is 0 Å². The second-order valence-corrected chi connectivity index (χ2v) is 17.6. The van der Waals surface area contributed by atoms with Crippen LogP contribution >= 0.6 is 22.7 Å². The summed E-state index contributed by atoms with van der Waals surface area (Å²) in [4.78, 5) is 0. The summed E-state index contributed by atoms with van der Waals surface area (Å²) in [7, 11) is 0. The minimum absolute atomic E-state index is 1.26. The van der Waals surface area contributed by atoms with Crippen molar-refractivity contribution >= 4 is 117 Å². The smallest absolute Gasteiger partial charge is 0.0368 e. The minimum atomic E-state index is 1.26. The van der Waals surface area contributed by atoms with Crippen LogP contribution < -0.4 is 0 Å². The highest BCUT2D eigenvalue weighted by atomic mass is 32.1. The average molecular weight is 769 g/mol. The molecule has 0 saturated carbocycles. The van der Waals surface area contributed by atoms with Gasteiger partial charge in [-0.2, -0.15) is 0 Å². The largest absolute Gasteiger partial charge is 0.135 e. The Balaban J connectivity index is 1.07. The van der Waals surface area contributed by atoms with Crippen LogP contribution in [-0.4, -0.2) is 0 Å². The molecule has 11 aromatic carbocycles. The van der Waals surface area contributed by atoms with Gasteiger partial charge in [-0.25, -0.2) is 0 Å². The lowest BCUT2D eigenvalue weighted by molar-refractivity contribution is 1.68. The van der Waals surface area contributed by atoms with Gasteiger partial charge in [0, 0.05) is 40.3 Å². The number of rotatable bonds is 3. The SMILES string of the molecule is c1ccc2c(-c3c4ccccc4c(-c4ccc(-c5cc6sc7cc8c(cc7c6c6ccccc56)sc5ccccc58)c5ccccc45)c4ccccc34)cccc2c1. The van der Waals surface area contributed by atoms with Crippen LogP contribution in [0, 0.1) is 0 Å². The summed E-state index contributed by atoms with van der Waals surface area (Å²) in [5.41, 5.74) is 7.66. The second-order valence-electron chi connectivity index (χ2n) is 15.5. The van der Waals surface area contributed by atoms with E-state index in [0.717, 1.165) is 0 Å². The van der Waals surface area contributed by atoms with Gasteiger partial charge in [-0.15, -0.1) is 22.7 Å². The standard InChI is InChI=1S/C56H32S2/c1-2-16-34-33(14-1)15-13-26-40(34)54-42-22-7-9-24-44(42)55(45-25-10-8-23-43(45)54)46-29-28-38(35-17-3-4-18-36(35)46)47-30-53-56(41-21-6-5-19-37(41)47)49-32-51-48(31-52(49)58-53)39-20-11-12-27-50(39)57-51/h1-32H. The van der Waals surface area contributed by atoms with E-state index >= 15 is 0 Å². The normalized spacial score (nSPS) is 12.1. The molecule has 13 aromatic rings. The minimum Gasteiger partial charge on any atom is -0.135 e. The zero-order chi connectivity index (χ0) is 37.9. The monoisotopic (exact) mass is 768 g/mol. The molecule has 0 bridgehead atoms. The first-order valence-electron chi connectivity index (χ1n) is 19.9. The number of hydrogen-bond donors (Lipinski definition) is 0. The number of hydrogen-bond acceptors (Lipinski definition) is 2. The highest BCUT2D eigenvalue weighted by molar-refractivity contribution is 7.27. The molecule has 0 saturated heterocycles. The molecule has 0 fully saturated rings. The molecule has 0 unspecified atom stereocenters. The Morgan fingerprint density at radius 3 is 1.36 bits per heavy atom. The molecule has 13 rings (SSSR count). The van der Waals surface area contributed by atoms with Crippen LogP contribution in [0.3, 0.4) is 0 Å². The molecule has 0 nitrogen and oxygen atoms in total. The van der Waals surface area contributed by atoms with E-state index in [2.05, 4.69) is 194 Å². The molecule has 0 atom stereocenters. The van der Waals surface area contributed by atoms with Gasteiger partial charge in [-0.3, -0.25) is 0 Å². The van der Waals surface area contributed by atoms with E-state index < -0.39 is 0 Å². The van der Waals surface area contributed by atoms with E-state index in [1.54, 1.807) is 0 Å². The molecule has 0 N–H and O–H groups in total. The van der Waals surface area contributed by atoms with E-state index in [4.69, 9.17) is 0 Å². The third-order valence-electron chi connectivity index (χ3n) is 12.5. The molecule has 0 amide bonds. The van der Waals surface area contributed by atoms with Crippen molar-refractivity contribution in [3.63, 3.8) is 0 Å². The molecule has 2 heteroatoms. The molecule has 0 aliphatic carbocycles. The van der Waals surface area contributed by atoms with Gasteiger partial charge in [0.2, 0.25) is 0 Å². The van der Waals surface area contributed by atoms with Gasteiger partial charge >= 0.3 is 0 Å². The maximum atomic E-state index is 2.47. The van der Waals surface area contributed by atoms with Crippen molar-refractivity contribution in [2.24, 2.45) is 0 Å². The summed E-state index contributed by atoms with van der Waals surface area (Å²) in [6.45, 7) is 0. The van der Waals surface area contributed by atoms with Crippen molar-refractivity contribution in [2.75, 3.05) is 0 Å². The van der Waals surface area contributed by atoms with Crippen molar-refractivity contribution in [1.29, 1.82) is 0 Å². The number of benzene rings is 11. The second kappa shape index (κ2) is 12.3. The van der Waals surface area contributed by atoms with Crippen molar-refractivity contribution in [3.8, 4) is 33.4 Å². The Hall–Kier alpha value is -6.84. The highest BCUT2D eigenvalue weighted by Gasteiger charge is 2.21. The fourth-order valence-electron chi connectivity index (χ4n) is 9.98. The topological polar surface area (TPSA) is 0 Å². The molecule has 0 aliphatic heterocycles. The van der Waals surface area contributed by atoms with E-state index in [1.807, 2.05) is 22.7 Å². The van der Waals surface area contributed by atoms with Gasteiger partial charge < -0.3 is 0 Å². The maximum Gasteiger partial charge on any atom is 0.0368 e. The third-order valence-corrected chi connectivity index (χ3v) is 14.7. The van der Waals surface area contributed by atoms with Crippen LogP contribution in [0.5, 0.6) is 0 Å². The summed E-state index contributed by atoms with van der Waals surface area (Å²) >= 11 is 3.83. The van der Waals surface area contributed by atoms with Gasteiger partial charge in [0.25, 0.3) is 0 Å². The predicted octanol–water partition coefficient (Wildman–Crippen LogP) is 17.2. The molecule has 268 valence electrons. The summed E-state index contributed by atoms with van der Waals surface area (Å²) in [6.07, 6.45) is 0. The summed E-state index contributed by atoms with van der Waals surface area (Å²) < 4.78 is 5.39. The van der Waals surface area contributed by atoms with E-state index in [0.29, 0.717) is 0 Å². The first-order valence-corrected chi connectivity index (χ1v) is 21.6. The quantitative estimate of drug-likeness (QED) is 0.157. The highest BCUT2D eigenvalue weighted by Crippen LogP contribution is 2.50. The Labute approximate surface area is 342 Å². The van der Waals surface area contributed by atoms with Crippen LogP contribution in [0.1, 0.15) is 0 Å². The maximum absolute atomic E-state index is 2.47. The molecular weight excluding hydrogens is 737 g/mol. The molecule has 0 radical (unpaired) electrons. The van der Waals surface area contributed by atoms with Crippen LogP contribution in [-0.2, 0) is 0 Å². The summed E-state index contributed by atoms with van der Waals surface area (Å²) in [6, 6.07) is 72.6. The van der Waals surface area contributed by atoms with E-state index in [1.165, 1.54) is 128 Å².